The summed E-state index contributed by atoms with van der Waals surface area (Å²) < 4.78 is 0. The molecule has 0 aliphatic heterocycles. The van der Waals surface area contributed by atoms with Gasteiger partial charge in [-0.15, -0.1) is 0 Å². The van der Waals surface area contributed by atoms with Crippen LogP contribution < -0.4 is 5.32 Å². The Bertz CT molecular complexity index is 500. The van der Waals surface area contributed by atoms with E-state index in [0.29, 0.717) is 6.04 Å². The minimum Gasteiger partial charge on any atom is -0.308 e. The molecule has 2 aromatic rings. The second-order valence-corrected chi connectivity index (χ2v) is 5.14. The third-order valence-electron chi connectivity index (χ3n) is 3.60. The van der Waals surface area contributed by atoms with Crippen LogP contribution in [-0.2, 0) is 6.54 Å². The number of H-pyrrole nitrogens is 1. The Morgan fingerprint density at radius 2 is 2.00 bits per heavy atom. The highest BCUT2D eigenvalue weighted by Gasteiger charge is 2.25. The van der Waals surface area contributed by atoms with Crippen molar-refractivity contribution in [2.45, 2.75) is 32.4 Å². The van der Waals surface area contributed by atoms with Gasteiger partial charge in [-0.3, -0.25) is 0 Å². The van der Waals surface area contributed by atoms with Gasteiger partial charge in [-0.1, -0.05) is 37.3 Å². The standard InChI is InChI=1S/C14H18N4/c1-10-7-12(8-10)15-9-13-14(17-18-16-13)11-5-3-2-4-6-11/h2-6,10,12,15H,7-9H2,1H3,(H,16,17,18). The molecule has 1 aromatic carbocycles. The Kier molecular flexibility index (Phi) is 3.11. The van der Waals surface area contributed by atoms with Crippen molar-refractivity contribution in [2.24, 2.45) is 5.92 Å². The van der Waals surface area contributed by atoms with Gasteiger partial charge in [-0.2, -0.15) is 15.4 Å². The first-order valence-electron chi connectivity index (χ1n) is 6.51. The van der Waals surface area contributed by atoms with E-state index in [1.807, 2.05) is 18.2 Å². The molecule has 0 saturated heterocycles. The van der Waals surface area contributed by atoms with E-state index in [1.165, 1.54) is 12.8 Å². The molecular weight excluding hydrogens is 224 g/mol. The molecule has 2 N–H and O–H groups in total. The Hall–Kier alpha value is -1.68. The van der Waals surface area contributed by atoms with Crippen molar-refractivity contribution in [2.75, 3.05) is 0 Å². The Labute approximate surface area is 107 Å². The molecule has 1 saturated carbocycles. The summed E-state index contributed by atoms with van der Waals surface area (Å²) in [5, 5.41) is 14.8. The van der Waals surface area contributed by atoms with E-state index in [0.717, 1.165) is 29.4 Å². The van der Waals surface area contributed by atoms with Gasteiger partial charge in [-0.25, -0.2) is 0 Å². The molecule has 1 heterocycles. The van der Waals surface area contributed by atoms with Crippen LogP contribution in [0.15, 0.2) is 30.3 Å². The van der Waals surface area contributed by atoms with Gasteiger partial charge in [0.25, 0.3) is 0 Å². The average molecular weight is 242 g/mol. The topological polar surface area (TPSA) is 53.6 Å². The minimum absolute atomic E-state index is 0.653. The van der Waals surface area contributed by atoms with Gasteiger partial charge in [0.1, 0.15) is 11.4 Å². The molecule has 4 nitrogen and oxygen atoms in total. The average Bonchev–Trinajstić information content (AvgIpc) is 2.82. The van der Waals surface area contributed by atoms with E-state index in [9.17, 15) is 0 Å². The fourth-order valence-electron chi connectivity index (χ4n) is 2.51. The number of rotatable bonds is 4. The summed E-state index contributed by atoms with van der Waals surface area (Å²) in [5.41, 5.74) is 3.07. The summed E-state index contributed by atoms with van der Waals surface area (Å²) in [6, 6.07) is 10.8. The molecule has 0 bridgehead atoms. The maximum absolute atomic E-state index is 4.25. The largest absolute Gasteiger partial charge is 0.308 e. The lowest BCUT2D eigenvalue weighted by Crippen LogP contribution is -2.39. The molecule has 1 aliphatic rings. The smallest absolute Gasteiger partial charge is 0.117 e. The van der Waals surface area contributed by atoms with Gasteiger partial charge >= 0.3 is 0 Å². The monoisotopic (exact) mass is 242 g/mol. The normalized spacial score (nSPS) is 22.7. The molecule has 0 radical (unpaired) electrons. The summed E-state index contributed by atoms with van der Waals surface area (Å²) in [6.07, 6.45) is 2.55. The zero-order valence-electron chi connectivity index (χ0n) is 10.6. The summed E-state index contributed by atoms with van der Waals surface area (Å²) in [4.78, 5) is 0. The van der Waals surface area contributed by atoms with Gasteiger partial charge in [-0.05, 0) is 18.8 Å². The number of nitrogens with zero attached hydrogens (tertiary/aromatic N) is 2. The SMILES string of the molecule is CC1CC(NCc2n[nH]nc2-c2ccccc2)C1. The first-order chi connectivity index (χ1) is 8.83. The van der Waals surface area contributed by atoms with Crippen molar-refractivity contribution in [1.29, 1.82) is 0 Å². The van der Waals surface area contributed by atoms with Crippen LogP contribution in [0.4, 0.5) is 0 Å². The van der Waals surface area contributed by atoms with Crippen molar-refractivity contribution in [3.05, 3.63) is 36.0 Å². The van der Waals surface area contributed by atoms with Crippen LogP contribution in [0.3, 0.4) is 0 Å². The van der Waals surface area contributed by atoms with Gasteiger partial charge in [0.15, 0.2) is 0 Å². The lowest BCUT2D eigenvalue weighted by molar-refractivity contribution is 0.240. The molecule has 18 heavy (non-hydrogen) atoms. The third kappa shape index (κ3) is 2.29. The van der Waals surface area contributed by atoms with E-state index in [4.69, 9.17) is 0 Å². The highest BCUT2D eigenvalue weighted by molar-refractivity contribution is 5.60. The number of benzene rings is 1. The molecule has 0 atom stereocenters. The molecule has 0 spiro atoms. The lowest BCUT2D eigenvalue weighted by Gasteiger charge is -2.33. The van der Waals surface area contributed by atoms with E-state index >= 15 is 0 Å². The van der Waals surface area contributed by atoms with Crippen molar-refractivity contribution >= 4 is 0 Å². The predicted octanol–water partition coefficient (Wildman–Crippen LogP) is 2.36. The van der Waals surface area contributed by atoms with Crippen LogP contribution in [0, 0.1) is 5.92 Å². The summed E-state index contributed by atoms with van der Waals surface area (Å²) in [5.74, 6) is 0.869. The van der Waals surface area contributed by atoms with Crippen molar-refractivity contribution in [3.8, 4) is 11.3 Å². The van der Waals surface area contributed by atoms with Crippen LogP contribution in [-0.4, -0.2) is 21.5 Å². The molecule has 0 amide bonds. The quantitative estimate of drug-likeness (QED) is 0.865. The Morgan fingerprint density at radius 3 is 2.72 bits per heavy atom. The van der Waals surface area contributed by atoms with Gasteiger partial charge in [0.2, 0.25) is 0 Å². The fraction of sp³-hybridized carbons (Fsp3) is 0.429. The lowest BCUT2D eigenvalue weighted by atomic mass is 9.82. The van der Waals surface area contributed by atoms with Crippen LogP contribution in [0.25, 0.3) is 11.3 Å². The van der Waals surface area contributed by atoms with Crippen molar-refractivity contribution in [3.63, 3.8) is 0 Å². The fourth-order valence-corrected chi connectivity index (χ4v) is 2.51. The summed E-state index contributed by atoms with van der Waals surface area (Å²) in [6.45, 7) is 3.09. The molecule has 3 rings (SSSR count). The first kappa shape index (κ1) is 11.4. The second-order valence-electron chi connectivity index (χ2n) is 5.14. The van der Waals surface area contributed by atoms with E-state index < -0.39 is 0 Å². The van der Waals surface area contributed by atoms with Gasteiger partial charge < -0.3 is 5.32 Å². The molecule has 1 aliphatic carbocycles. The Morgan fingerprint density at radius 1 is 1.22 bits per heavy atom. The minimum atomic E-state index is 0.653. The summed E-state index contributed by atoms with van der Waals surface area (Å²) >= 11 is 0. The second kappa shape index (κ2) is 4.90. The number of nitrogens with one attached hydrogen (secondary N) is 2. The summed E-state index contributed by atoms with van der Waals surface area (Å²) in [7, 11) is 0. The van der Waals surface area contributed by atoms with E-state index in [1.54, 1.807) is 0 Å². The predicted molar refractivity (Wildman–Crippen MR) is 70.8 cm³/mol. The van der Waals surface area contributed by atoms with E-state index in [-0.39, 0.29) is 0 Å². The molecule has 0 unspecified atom stereocenters. The van der Waals surface area contributed by atoms with Crippen LogP contribution >= 0.6 is 0 Å². The molecule has 1 aromatic heterocycles. The third-order valence-corrected chi connectivity index (χ3v) is 3.60. The molecule has 1 fully saturated rings. The Balaban J connectivity index is 1.68. The number of hydrogen-bond acceptors (Lipinski definition) is 3. The maximum atomic E-state index is 4.25. The van der Waals surface area contributed by atoms with Gasteiger partial charge in [0, 0.05) is 18.2 Å². The molecule has 94 valence electrons. The van der Waals surface area contributed by atoms with E-state index in [2.05, 4.69) is 39.8 Å². The zero-order valence-corrected chi connectivity index (χ0v) is 10.6. The van der Waals surface area contributed by atoms with Crippen LogP contribution in [0.5, 0.6) is 0 Å². The first-order valence-corrected chi connectivity index (χ1v) is 6.51. The number of hydrogen-bond donors (Lipinski definition) is 2. The van der Waals surface area contributed by atoms with Gasteiger partial charge in [0.05, 0.1) is 0 Å². The molecular formula is C14H18N4. The van der Waals surface area contributed by atoms with Crippen LogP contribution in [0.2, 0.25) is 0 Å². The molecule has 4 heteroatoms. The van der Waals surface area contributed by atoms with Crippen molar-refractivity contribution in [1.82, 2.24) is 20.7 Å². The van der Waals surface area contributed by atoms with Crippen molar-refractivity contribution < 1.29 is 0 Å². The highest BCUT2D eigenvalue weighted by atomic mass is 15.3. The van der Waals surface area contributed by atoms with Crippen LogP contribution in [0.1, 0.15) is 25.5 Å². The zero-order chi connectivity index (χ0) is 12.4. The number of aromatic nitrogens is 3. The highest BCUT2D eigenvalue weighted by Crippen LogP contribution is 2.27. The number of aromatic amines is 1. The maximum Gasteiger partial charge on any atom is 0.117 e.